The predicted octanol–water partition coefficient (Wildman–Crippen LogP) is 1.90. The maximum atomic E-state index is 10.4. The van der Waals surface area contributed by atoms with E-state index in [-0.39, 0.29) is 5.92 Å². The summed E-state index contributed by atoms with van der Waals surface area (Å²) in [5.41, 5.74) is 0.976. The second kappa shape index (κ2) is 5.94. The first-order chi connectivity index (χ1) is 6.43. The molecular formula is C11H20O3. The second-order valence-corrected chi connectivity index (χ2v) is 3.86. The highest BCUT2D eigenvalue weighted by Crippen LogP contribution is 2.23. The Kier molecular flexibility index (Phi) is 5.65. The number of aliphatic hydroxyl groups is 1. The lowest BCUT2D eigenvalue weighted by atomic mass is 9.92. The molecule has 0 spiro atoms. The lowest BCUT2D eigenvalue weighted by molar-refractivity contribution is -0.176. The van der Waals surface area contributed by atoms with Gasteiger partial charge in [0.15, 0.2) is 5.79 Å². The second-order valence-electron chi connectivity index (χ2n) is 3.86. The van der Waals surface area contributed by atoms with Crippen molar-refractivity contribution in [1.82, 2.24) is 0 Å². The number of hydrogen-bond acceptors (Lipinski definition) is 3. The van der Waals surface area contributed by atoms with Crippen LogP contribution in [0.4, 0.5) is 0 Å². The van der Waals surface area contributed by atoms with Crippen LogP contribution in [0.3, 0.4) is 0 Å². The van der Waals surface area contributed by atoms with Gasteiger partial charge in [-0.25, -0.2) is 0 Å². The molecule has 0 amide bonds. The van der Waals surface area contributed by atoms with E-state index in [1.54, 1.807) is 6.92 Å². The van der Waals surface area contributed by atoms with Crippen LogP contribution in [-0.4, -0.2) is 24.3 Å². The van der Waals surface area contributed by atoms with Crippen LogP contribution in [0, 0.1) is 5.92 Å². The highest BCUT2D eigenvalue weighted by atomic mass is 16.6. The molecule has 3 nitrogen and oxygen atoms in total. The van der Waals surface area contributed by atoms with Gasteiger partial charge in [-0.3, -0.25) is 0 Å². The van der Waals surface area contributed by atoms with E-state index >= 15 is 0 Å². The molecule has 0 unspecified atom stereocenters. The summed E-state index contributed by atoms with van der Waals surface area (Å²) < 4.78 is 4.88. The Morgan fingerprint density at radius 2 is 2.29 bits per heavy atom. The lowest BCUT2D eigenvalue weighted by Crippen LogP contribution is -2.27. The molecule has 1 N–H and O–H groups in total. The molecule has 0 radical (unpaired) electrons. The molecule has 0 aromatic rings. The zero-order valence-corrected chi connectivity index (χ0v) is 9.25. The monoisotopic (exact) mass is 200 g/mol. The normalized spacial score (nSPS) is 17.1. The van der Waals surface area contributed by atoms with Gasteiger partial charge in [0.05, 0.1) is 0 Å². The standard InChI is InChI=1S/C11H20O3/c1-9(2)10(6-8-12)5-7-11(3,13)14-4/h8,10,13H,1,5-7H2,2-4H3/t10-,11-/m0/s1. The summed E-state index contributed by atoms with van der Waals surface area (Å²) >= 11 is 0. The molecule has 0 aliphatic heterocycles. The van der Waals surface area contributed by atoms with Crippen molar-refractivity contribution in [2.45, 2.75) is 38.9 Å². The van der Waals surface area contributed by atoms with Crippen molar-refractivity contribution < 1.29 is 14.6 Å². The Balaban J connectivity index is 4.05. The van der Waals surface area contributed by atoms with Gasteiger partial charge in [-0.05, 0) is 26.2 Å². The third kappa shape index (κ3) is 5.14. The Bertz CT molecular complexity index is 197. The molecule has 0 rings (SSSR count). The number of methoxy groups -OCH3 is 1. The van der Waals surface area contributed by atoms with E-state index in [4.69, 9.17) is 4.74 Å². The first-order valence-electron chi connectivity index (χ1n) is 4.79. The summed E-state index contributed by atoms with van der Waals surface area (Å²) in [5, 5.41) is 9.58. The van der Waals surface area contributed by atoms with Gasteiger partial charge in [0.2, 0.25) is 0 Å². The lowest BCUT2D eigenvalue weighted by Gasteiger charge is -2.24. The molecule has 82 valence electrons. The average molecular weight is 200 g/mol. The summed E-state index contributed by atoms with van der Waals surface area (Å²) in [6, 6.07) is 0. The quantitative estimate of drug-likeness (QED) is 0.388. The molecule has 0 heterocycles. The number of aldehydes is 1. The Morgan fingerprint density at radius 3 is 2.64 bits per heavy atom. The SMILES string of the molecule is C=C(C)[C@H](CC=O)CC[C@@](C)(O)OC. The van der Waals surface area contributed by atoms with Crippen molar-refractivity contribution >= 4 is 6.29 Å². The zero-order chi connectivity index (χ0) is 11.2. The molecule has 0 aromatic heterocycles. The fourth-order valence-corrected chi connectivity index (χ4v) is 1.23. The molecule has 0 saturated carbocycles. The van der Waals surface area contributed by atoms with Crippen LogP contribution in [0.25, 0.3) is 0 Å². The fraction of sp³-hybridized carbons (Fsp3) is 0.727. The highest BCUT2D eigenvalue weighted by Gasteiger charge is 2.21. The van der Waals surface area contributed by atoms with Crippen LogP contribution < -0.4 is 0 Å². The smallest absolute Gasteiger partial charge is 0.162 e. The first kappa shape index (κ1) is 13.3. The topological polar surface area (TPSA) is 46.5 Å². The minimum absolute atomic E-state index is 0.147. The van der Waals surface area contributed by atoms with Gasteiger partial charge < -0.3 is 14.6 Å². The Morgan fingerprint density at radius 1 is 1.71 bits per heavy atom. The minimum atomic E-state index is -1.10. The van der Waals surface area contributed by atoms with Gasteiger partial charge in [0, 0.05) is 20.0 Å². The molecule has 0 aromatic carbocycles. The van der Waals surface area contributed by atoms with Gasteiger partial charge in [-0.1, -0.05) is 12.2 Å². The van der Waals surface area contributed by atoms with Crippen LogP contribution >= 0.6 is 0 Å². The van der Waals surface area contributed by atoms with E-state index in [1.165, 1.54) is 7.11 Å². The van der Waals surface area contributed by atoms with Crippen molar-refractivity contribution in [2.24, 2.45) is 5.92 Å². The maximum absolute atomic E-state index is 10.4. The first-order valence-corrected chi connectivity index (χ1v) is 4.79. The molecule has 14 heavy (non-hydrogen) atoms. The number of allylic oxidation sites excluding steroid dienone is 1. The number of carbonyl (C=O) groups is 1. The van der Waals surface area contributed by atoms with Crippen LogP contribution in [0.2, 0.25) is 0 Å². The van der Waals surface area contributed by atoms with Crippen LogP contribution in [-0.2, 0) is 9.53 Å². The molecule has 0 saturated heterocycles. The van der Waals surface area contributed by atoms with Crippen molar-refractivity contribution in [3.63, 3.8) is 0 Å². The molecule has 0 aliphatic rings. The van der Waals surface area contributed by atoms with Crippen molar-refractivity contribution in [1.29, 1.82) is 0 Å². The van der Waals surface area contributed by atoms with Crippen molar-refractivity contribution in [3.05, 3.63) is 12.2 Å². The van der Waals surface area contributed by atoms with E-state index < -0.39 is 5.79 Å². The highest BCUT2D eigenvalue weighted by molar-refractivity contribution is 5.50. The van der Waals surface area contributed by atoms with Crippen LogP contribution in [0.5, 0.6) is 0 Å². The summed E-state index contributed by atoms with van der Waals surface area (Å²) in [7, 11) is 1.47. The third-order valence-electron chi connectivity index (χ3n) is 2.47. The van der Waals surface area contributed by atoms with E-state index in [0.29, 0.717) is 12.8 Å². The summed E-state index contributed by atoms with van der Waals surface area (Å²) in [5.74, 6) is -0.953. The molecule has 2 atom stereocenters. The van der Waals surface area contributed by atoms with Gasteiger partial charge in [0.25, 0.3) is 0 Å². The van der Waals surface area contributed by atoms with Crippen molar-refractivity contribution in [3.8, 4) is 0 Å². The third-order valence-corrected chi connectivity index (χ3v) is 2.47. The van der Waals surface area contributed by atoms with E-state index in [9.17, 15) is 9.90 Å². The van der Waals surface area contributed by atoms with Gasteiger partial charge in [-0.15, -0.1) is 0 Å². The van der Waals surface area contributed by atoms with Crippen LogP contribution in [0.15, 0.2) is 12.2 Å². The van der Waals surface area contributed by atoms with Crippen LogP contribution in [0.1, 0.15) is 33.1 Å². The maximum Gasteiger partial charge on any atom is 0.162 e. The molecule has 0 fully saturated rings. The summed E-state index contributed by atoms with van der Waals surface area (Å²) in [6.07, 6.45) is 2.58. The summed E-state index contributed by atoms with van der Waals surface area (Å²) in [4.78, 5) is 10.4. The average Bonchev–Trinajstić information content (AvgIpc) is 2.12. The predicted molar refractivity (Wildman–Crippen MR) is 55.9 cm³/mol. The molecular weight excluding hydrogens is 180 g/mol. The molecule has 0 bridgehead atoms. The number of ether oxygens (including phenoxy) is 1. The Labute approximate surface area is 85.8 Å². The number of hydrogen-bond donors (Lipinski definition) is 1. The Hall–Kier alpha value is -0.670. The minimum Gasteiger partial charge on any atom is -0.366 e. The van der Waals surface area contributed by atoms with Gasteiger partial charge in [-0.2, -0.15) is 0 Å². The van der Waals surface area contributed by atoms with E-state index in [0.717, 1.165) is 18.3 Å². The zero-order valence-electron chi connectivity index (χ0n) is 9.25. The fourth-order valence-electron chi connectivity index (χ4n) is 1.23. The number of rotatable bonds is 7. The van der Waals surface area contributed by atoms with E-state index in [1.807, 2.05) is 6.92 Å². The molecule has 3 heteroatoms. The van der Waals surface area contributed by atoms with E-state index in [2.05, 4.69) is 6.58 Å². The summed E-state index contributed by atoms with van der Waals surface area (Å²) in [6.45, 7) is 7.33. The van der Waals surface area contributed by atoms with Crippen molar-refractivity contribution in [2.75, 3.05) is 7.11 Å². The number of carbonyl (C=O) groups excluding carboxylic acids is 1. The molecule has 0 aliphatic carbocycles. The van der Waals surface area contributed by atoms with Gasteiger partial charge >= 0.3 is 0 Å². The largest absolute Gasteiger partial charge is 0.366 e. The van der Waals surface area contributed by atoms with Gasteiger partial charge in [0.1, 0.15) is 6.29 Å².